The van der Waals surface area contributed by atoms with Gasteiger partial charge < -0.3 is 10.1 Å². The average molecular weight is 590 g/mol. The van der Waals surface area contributed by atoms with Crippen molar-refractivity contribution in [3.05, 3.63) is 53.1 Å². The Bertz CT molecular complexity index is 1420. The van der Waals surface area contributed by atoms with Crippen LogP contribution in [0, 0.1) is 6.92 Å². The first-order valence-electron chi connectivity index (χ1n) is 13.2. The molecule has 0 aliphatic carbocycles. The minimum atomic E-state index is -3.60. The molecule has 2 saturated heterocycles. The van der Waals surface area contributed by atoms with E-state index in [1.54, 1.807) is 18.2 Å². The van der Waals surface area contributed by atoms with E-state index in [0.717, 1.165) is 49.8 Å². The molecule has 12 heteroatoms. The summed E-state index contributed by atoms with van der Waals surface area (Å²) >= 11 is 7.35. The van der Waals surface area contributed by atoms with Crippen LogP contribution in [0.15, 0.2) is 52.5 Å². The van der Waals surface area contributed by atoms with Crippen molar-refractivity contribution in [1.29, 1.82) is 0 Å². The number of sulfonamides is 1. The van der Waals surface area contributed by atoms with Gasteiger partial charge in [0.05, 0.1) is 23.3 Å². The topological polar surface area (TPSA) is 106 Å². The summed E-state index contributed by atoms with van der Waals surface area (Å²) < 4.78 is 35.7. The molecule has 0 spiro atoms. The third kappa shape index (κ3) is 6.66. The van der Waals surface area contributed by atoms with Gasteiger partial charge in [-0.25, -0.2) is 8.42 Å². The minimum absolute atomic E-state index is 0.0625. The third-order valence-corrected chi connectivity index (χ3v) is 10.1. The number of nitrogens with one attached hydrogen (secondary N) is 1. The summed E-state index contributed by atoms with van der Waals surface area (Å²) in [7, 11) is -3.60. The zero-order chi connectivity index (χ0) is 27.4. The van der Waals surface area contributed by atoms with Crippen molar-refractivity contribution in [2.75, 3.05) is 30.8 Å². The second-order valence-corrected chi connectivity index (χ2v) is 13.2. The zero-order valence-corrected chi connectivity index (χ0v) is 24.2. The maximum Gasteiger partial charge on any atom is 0.243 e. The maximum atomic E-state index is 13.1. The number of rotatable bonds is 9. The van der Waals surface area contributed by atoms with Gasteiger partial charge in [0, 0.05) is 36.0 Å². The van der Waals surface area contributed by atoms with E-state index in [0.29, 0.717) is 41.3 Å². The molecule has 1 unspecified atom stereocenters. The number of nitrogens with zero attached hydrogens (tertiary/aromatic N) is 4. The monoisotopic (exact) mass is 589 g/mol. The highest BCUT2D eigenvalue weighted by Crippen LogP contribution is 2.29. The Morgan fingerprint density at radius 3 is 2.59 bits per heavy atom. The molecule has 2 aliphatic rings. The molecule has 0 bridgehead atoms. The number of anilines is 1. The standard InChI is InChI=1S/C27H32ClN5O4S2/c1-19-7-12-23(39(35,36)32-13-3-2-4-14-32)16-24(19)29-25(34)18-38-27-31-30-26(20-8-10-21(28)11-9-20)33(27)17-22-6-5-15-37-22/h7-12,16,22H,2-6,13-15,17-18H2,1H3,(H,29,34). The predicted octanol–water partition coefficient (Wildman–Crippen LogP) is 4.99. The number of aromatic nitrogens is 3. The summed E-state index contributed by atoms with van der Waals surface area (Å²) in [6.45, 7) is 4.22. The Hall–Kier alpha value is -2.44. The Morgan fingerprint density at radius 1 is 1.10 bits per heavy atom. The zero-order valence-electron chi connectivity index (χ0n) is 21.8. The lowest BCUT2D eigenvalue weighted by atomic mass is 10.2. The number of carbonyl (C=O) groups is 1. The smallest absolute Gasteiger partial charge is 0.243 e. The SMILES string of the molecule is Cc1ccc(S(=O)(=O)N2CCCCC2)cc1NC(=O)CSc1nnc(-c2ccc(Cl)cc2)n1CC1CCCO1. The summed E-state index contributed by atoms with van der Waals surface area (Å²) in [4.78, 5) is 13.2. The van der Waals surface area contributed by atoms with Crippen molar-refractivity contribution in [2.24, 2.45) is 0 Å². The van der Waals surface area contributed by atoms with Gasteiger partial charge in [-0.1, -0.05) is 35.9 Å². The summed E-state index contributed by atoms with van der Waals surface area (Å²) in [5.74, 6) is 0.527. The van der Waals surface area contributed by atoms with Crippen molar-refractivity contribution >= 4 is 45.0 Å². The molecule has 1 N–H and O–H groups in total. The van der Waals surface area contributed by atoms with Gasteiger partial charge in [-0.05, 0) is 74.6 Å². The first kappa shape index (κ1) is 28.1. The number of carbonyl (C=O) groups excluding carboxylic acids is 1. The van der Waals surface area contributed by atoms with E-state index >= 15 is 0 Å². The first-order valence-corrected chi connectivity index (χ1v) is 16.0. The molecule has 0 radical (unpaired) electrons. The lowest BCUT2D eigenvalue weighted by molar-refractivity contribution is -0.113. The fourth-order valence-electron chi connectivity index (χ4n) is 4.83. The molecule has 2 aromatic carbocycles. The minimum Gasteiger partial charge on any atom is -0.376 e. The van der Waals surface area contributed by atoms with Crippen LogP contribution < -0.4 is 5.32 Å². The van der Waals surface area contributed by atoms with Gasteiger partial charge >= 0.3 is 0 Å². The number of halogens is 1. The van der Waals surface area contributed by atoms with Gasteiger partial charge in [-0.2, -0.15) is 4.31 Å². The quantitative estimate of drug-likeness (QED) is 0.350. The van der Waals surface area contributed by atoms with E-state index in [4.69, 9.17) is 16.3 Å². The van der Waals surface area contributed by atoms with Gasteiger partial charge in [0.2, 0.25) is 15.9 Å². The lowest BCUT2D eigenvalue weighted by Gasteiger charge is -2.26. The van der Waals surface area contributed by atoms with Gasteiger partial charge in [-0.15, -0.1) is 10.2 Å². The van der Waals surface area contributed by atoms with Gasteiger partial charge in [0.1, 0.15) is 0 Å². The van der Waals surface area contributed by atoms with Gasteiger partial charge in [0.15, 0.2) is 11.0 Å². The van der Waals surface area contributed by atoms with Crippen LogP contribution in [0.3, 0.4) is 0 Å². The summed E-state index contributed by atoms with van der Waals surface area (Å²) in [5, 5.41) is 12.9. The van der Waals surface area contributed by atoms with Crippen LogP contribution in [-0.4, -0.2) is 64.9 Å². The first-order chi connectivity index (χ1) is 18.8. The molecule has 1 amide bonds. The number of amides is 1. The van der Waals surface area contributed by atoms with E-state index in [9.17, 15) is 13.2 Å². The number of benzene rings is 2. The number of piperidine rings is 1. The van der Waals surface area contributed by atoms with Gasteiger partial charge in [-0.3, -0.25) is 9.36 Å². The molecule has 1 aromatic heterocycles. The molecule has 3 aromatic rings. The second kappa shape index (κ2) is 12.4. The molecule has 9 nitrogen and oxygen atoms in total. The van der Waals surface area contributed by atoms with Crippen molar-refractivity contribution in [1.82, 2.24) is 19.1 Å². The Kier molecular flexibility index (Phi) is 8.92. The molecule has 3 heterocycles. The molecule has 39 heavy (non-hydrogen) atoms. The molecule has 0 saturated carbocycles. The molecule has 2 fully saturated rings. The van der Waals surface area contributed by atoms with Crippen LogP contribution >= 0.6 is 23.4 Å². The number of aryl methyl sites for hydroxylation is 1. The van der Waals surface area contributed by atoms with Crippen LogP contribution in [-0.2, 0) is 26.1 Å². The van der Waals surface area contributed by atoms with Crippen LogP contribution in [0.2, 0.25) is 5.02 Å². The third-order valence-electron chi connectivity index (χ3n) is 7.00. The molecule has 1 atom stereocenters. The van der Waals surface area contributed by atoms with E-state index in [1.165, 1.54) is 16.1 Å². The highest BCUT2D eigenvalue weighted by Gasteiger charge is 2.27. The summed E-state index contributed by atoms with van der Waals surface area (Å²) in [5.41, 5.74) is 2.16. The molecular weight excluding hydrogens is 558 g/mol. The predicted molar refractivity (Wildman–Crippen MR) is 153 cm³/mol. The van der Waals surface area contributed by atoms with Crippen molar-refractivity contribution in [3.8, 4) is 11.4 Å². The van der Waals surface area contributed by atoms with Crippen molar-refractivity contribution in [3.63, 3.8) is 0 Å². The number of hydrogen-bond donors (Lipinski definition) is 1. The average Bonchev–Trinajstić information content (AvgIpc) is 3.60. The van der Waals surface area contributed by atoms with E-state index in [-0.39, 0.29) is 22.7 Å². The maximum absolute atomic E-state index is 13.1. The largest absolute Gasteiger partial charge is 0.376 e. The number of hydrogen-bond acceptors (Lipinski definition) is 7. The fourth-order valence-corrected chi connectivity index (χ4v) is 7.25. The summed E-state index contributed by atoms with van der Waals surface area (Å²) in [6, 6.07) is 12.3. The molecule has 5 rings (SSSR count). The van der Waals surface area contributed by atoms with Gasteiger partial charge in [0.25, 0.3) is 0 Å². The van der Waals surface area contributed by atoms with Crippen LogP contribution in [0.1, 0.15) is 37.7 Å². The Labute approximate surface area is 238 Å². The van der Waals surface area contributed by atoms with Crippen molar-refractivity contribution < 1.29 is 17.9 Å². The van der Waals surface area contributed by atoms with Crippen LogP contribution in [0.25, 0.3) is 11.4 Å². The van der Waals surface area contributed by atoms with Crippen molar-refractivity contribution in [2.45, 2.75) is 61.7 Å². The molecule has 2 aliphatic heterocycles. The number of ether oxygens (including phenoxy) is 1. The highest BCUT2D eigenvalue weighted by atomic mass is 35.5. The molecule has 208 valence electrons. The van der Waals surface area contributed by atoms with Crippen LogP contribution in [0.4, 0.5) is 5.69 Å². The second-order valence-electron chi connectivity index (χ2n) is 9.84. The Morgan fingerprint density at radius 2 is 1.87 bits per heavy atom. The lowest BCUT2D eigenvalue weighted by Crippen LogP contribution is -2.35. The fraction of sp³-hybridized carbons (Fsp3) is 0.444. The molecular formula is C27H32ClN5O4S2. The van der Waals surface area contributed by atoms with Crippen LogP contribution in [0.5, 0.6) is 0 Å². The number of thioether (sulfide) groups is 1. The van der Waals surface area contributed by atoms with E-state index in [2.05, 4.69) is 15.5 Å². The normalized spacial score (nSPS) is 18.4. The Balaban J connectivity index is 1.30. The van der Waals surface area contributed by atoms with E-state index < -0.39 is 10.0 Å². The van der Waals surface area contributed by atoms with E-state index in [1.807, 2.05) is 35.8 Å². The summed E-state index contributed by atoms with van der Waals surface area (Å²) in [6.07, 6.45) is 4.80. The highest BCUT2D eigenvalue weighted by molar-refractivity contribution is 7.99.